The van der Waals surface area contributed by atoms with E-state index in [1.165, 1.54) is 0 Å². The lowest BCUT2D eigenvalue weighted by Crippen LogP contribution is -2.33. The average molecular weight is 235 g/mol. The van der Waals surface area contributed by atoms with Crippen LogP contribution < -0.4 is 5.32 Å². The summed E-state index contributed by atoms with van der Waals surface area (Å²) in [7, 11) is 6.36. The van der Waals surface area contributed by atoms with Crippen molar-refractivity contribution in [1.82, 2.24) is 10.1 Å². The Kier molecular flexibility index (Phi) is 5.03. The van der Waals surface area contributed by atoms with E-state index in [1.807, 2.05) is 0 Å². The SMILES string of the molecule is [B]C(C)(CCCC)C(CC)Nc1nc(C)no1. The molecule has 17 heavy (non-hydrogen) atoms. The Morgan fingerprint density at radius 3 is 2.65 bits per heavy atom. The lowest BCUT2D eigenvalue weighted by Gasteiger charge is -2.34. The first-order valence-corrected chi connectivity index (χ1v) is 6.35. The molecular formula is C12H22BN3O. The van der Waals surface area contributed by atoms with Gasteiger partial charge in [0.05, 0.1) is 7.85 Å². The quantitative estimate of drug-likeness (QED) is 0.737. The van der Waals surface area contributed by atoms with Gasteiger partial charge in [-0.3, -0.25) is 0 Å². The minimum absolute atomic E-state index is 0.147. The molecule has 2 unspecified atom stereocenters. The maximum Gasteiger partial charge on any atom is 0.321 e. The zero-order valence-electron chi connectivity index (χ0n) is 11.3. The second-order valence-electron chi connectivity index (χ2n) is 4.86. The molecular weight excluding hydrogens is 213 g/mol. The molecule has 0 aliphatic heterocycles. The van der Waals surface area contributed by atoms with Crippen LogP contribution in [0.4, 0.5) is 6.01 Å². The van der Waals surface area contributed by atoms with Crippen LogP contribution in [0.25, 0.3) is 0 Å². The fourth-order valence-electron chi connectivity index (χ4n) is 1.97. The fourth-order valence-corrected chi connectivity index (χ4v) is 1.97. The highest BCUT2D eigenvalue weighted by molar-refractivity contribution is 6.15. The summed E-state index contributed by atoms with van der Waals surface area (Å²) in [6.45, 7) is 8.16. The van der Waals surface area contributed by atoms with E-state index in [2.05, 4.69) is 36.2 Å². The molecule has 0 amide bonds. The van der Waals surface area contributed by atoms with Gasteiger partial charge in [0.15, 0.2) is 5.82 Å². The summed E-state index contributed by atoms with van der Waals surface area (Å²) in [5, 5.41) is 6.74. The maximum absolute atomic E-state index is 6.36. The Bertz CT molecular complexity index is 338. The van der Waals surface area contributed by atoms with Crippen LogP contribution in [-0.2, 0) is 0 Å². The van der Waals surface area contributed by atoms with Crippen LogP contribution in [0.3, 0.4) is 0 Å². The average Bonchev–Trinajstić information content (AvgIpc) is 2.69. The number of aryl methyl sites for hydroxylation is 1. The Balaban J connectivity index is 2.63. The normalized spacial score (nSPS) is 16.5. The number of hydrogen-bond acceptors (Lipinski definition) is 4. The van der Waals surface area contributed by atoms with E-state index in [-0.39, 0.29) is 11.4 Å². The molecule has 2 atom stereocenters. The Hall–Kier alpha value is -0.995. The van der Waals surface area contributed by atoms with Gasteiger partial charge < -0.3 is 9.84 Å². The molecule has 0 fully saturated rings. The van der Waals surface area contributed by atoms with Gasteiger partial charge in [0.1, 0.15) is 0 Å². The smallest absolute Gasteiger partial charge is 0.321 e. The molecule has 0 saturated heterocycles. The minimum atomic E-state index is -0.257. The van der Waals surface area contributed by atoms with Crippen molar-refractivity contribution in [2.24, 2.45) is 0 Å². The van der Waals surface area contributed by atoms with E-state index >= 15 is 0 Å². The van der Waals surface area contributed by atoms with E-state index in [1.54, 1.807) is 6.92 Å². The largest absolute Gasteiger partial charge is 0.335 e. The van der Waals surface area contributed by atoms with Crippen LogP contribution >= 0.6 is 0 Å². The number of rotatable bonds is 7. The van der Waals surface area contributed by atoms with Crippen LogP contribution in [0.5, 0.6) is 0 Å². The first kappa shape index (κ1) is 14.1. The van der Waals surface area contributed by atoms with Gasteiger partial charge in [-0.2, -0.15) is 4.98 Å². The van der Waals surface area contributed by atoms with E-state index in [0.29, 0.717) is 11.8 Å². The van der Waals surface area contributed by atoms with Gasteiger partial charge in [-0.15, -0.1) is 0 Å². The summed E-state index contributed by atoms with van der Waals surface area (Å²) in [4.78, 5) is 4.15. The molecule has 5 heteroatoms. The number of nitrogens with zero attached hydrogens (tertiary/aromatic N) is 2. The zero-order chi connectivity index (χ0) is 12.9. The molecule has 1 N–H and O–H groups in total. The molecule has 1 heterocycles. The standard InChI is InChI=1S/C12H22BN3O/c1-5-7-8-12(4,13)10(6-2)15-11-14-9(3)16-17-11/h10H,5-8H2,1-4H3,(H,14,15,16). The Labute approximate surface area is 105 Å². The molecule has 0 aliphatic rings. The third-order valence-electron chi connectivity index (χ3n) is 3.10. The summed E-state index contributed by atoms with van der Waals surface area (Å²) in [5.41, 5.74) is 0. The molecule has 0 saturated carbocycles. The lowest BCUT2D eigenvalue weighted by atomic mass is 9.62. The zero-order valence-corrected chi connectivity index (χ0v) is 11.3. The highest BCUT2D eigenvalue weighted by atomic mass is 16.5. The molecule has 0 aliphatic carbocycles. The number of hydrogen-bond donors (Lipinski definition) is 1. The monoisotopic (exact) mass is 235 g/mol. The van der Waals surface area contributed by atoms with Crippen LogP contribution in [-0.4, -0.2) is 24.0 Å². The van der Waals surface area contributed by atoms with E-state index in [0.717, 1.165) is 25.7 Å². The minimum Gasteiger partial charge on any atom is -0.335 e. The third-order valence-corrected chi connectivity index (χ3v) is 3.10. The third kappa shape index (κ3) is 4.06. The summed E-state index contributed by atoms with van der Waals surface area (Å²) in [6.07, 6.45) is 4.21. The second kappa shape index (κ2) is 6.08. The molecule has 0 aromatic carbocycles. The fraction of sp³-hybridized carbons (Fsp3) is 0.833. The molecule has 1 rings (SSSR count). The second-order valence-corrected chi connectivity index (χ2v) is 4.86. The lowest BCUT2D eigenvalue weighted by molar-refractivity contribution is 0.398. The number of unbranched alkanes of at least 4 members (excludes halogenated alkanes) is 1. The topological polar surface area (TPSA) is 51.0 Å². The molecule has 1 aromatic heterocycles. The van der Waals surface area contributed by atoms with Gasteiger partial charge in [0, 0.05) is 6.04 Å². The summed E-state index contributed by atoms with van der Waals surface area (Å²) in [6, 6.07) is 0.608. The van der Waals surface area contributed by atoms with Crippen molar-refractivity contribution >= 4 is 13.9 Å². The Morgan fingerprint density at radius 2 is 2.18 bits per heavy atom. The number of aromatic nitrogens is 2. The molecule has 2 radical (unpaired) electrons. The predicted molar refractivity (Wildman–Crippen MR) is 70.4 cm³/mol. The van der Waals surface area contributed by atoms with Crippen molar-refractivity contribution in [3.63, 3.8) is 0 Å². The van der Waals surface area contributed by atoms with Gasteiger partial charge in [-0.05, 0) is 18.7 Å². The van der Waals surface area contributed by atoms with Crippen LogP contribution in [0, 0.1) is 6.92 Å². The summed E-state index contributed by atoms with van der Waals surface area (Å²) < 4.78 is 5.07. The number of nitrogens with one attached hydrogen (secondary N) is 1. The molecule has 0 spiro atoms. The van der Waals surface area contributed by atoms with Crippen molar-refractivity contribution in [2.45, 2.75) is 64.7 Å². The van der Waals surface area contributed by atoms with Crippen LogP contribution in [0.15, 0.2) is 4.52 Å². The van der Waals surface area contributed by atoms with Gasteiger partial charge >= 0.3 is 6.01 Å². The molecule has 0 bridgehead atoms. The Morgan fingerprint density at radius 1 is 1.47 bits per heavy atom. The summed E-state index contributed by atoms with van der Waals surface area (Å²) >= 11 is 0. The van der Waals surface area contributed by atoms with Crippen molar-refractivity contribution in [3.05, 3.63) is 5.82 Å². The van der Waals surface area contributed by atoms with Crippen molar-refractivity contribution in [2.75, 3.05) is 5.32 Å². The molecule has 1 aromatic rings. The van der Waals surface area contributed by atoms with E-state index in [9.17, 15) is 0 Å². The van der Waals surface area contributed by atoms with Gasteiger partial charge in [-0.1, -0.05) is 45.2 Å². The van der Waals surface area contributed by atoms with Crippen LogP contribution in [0.2, 0.25) is 5.31 Å². The number of anilines is 1. The van der Waals surface area contributed by atoms with Gasteiger partial charge in [0.2, 0.25) is 0 Å². The van der Waals surface area contributed by atoms with Crippen molar-refractivity contribution < 1.29 is 4.52 Å². The maximum atomic E-state index is 6.36. The van der Waals surface area contributed by atoms with Gasteiger partial charge in [0.25, 0.3) is 0 Å². The van der Waals surface area contributed by atoms with Crippen molar-refractivity contribution in [3.8, 4) is 0 Å². The predicted octanol–water partition coefficient (Wildman–Crippen LogP) is 3.11. The summed E-state index contributed by atoms with van der Waals surface area (Å²) in [5.74, 6) is 0.634. The first-order chi connectivity index (χ1) is 7.99. The first-order valence-electron chi connectivity index (χ1n) is 6.35. The van der Waals surface area contributed by atoms with Crippen LogP contribution in [0.1, 0.15) is 52.3 Å². The van der Waals surface area contributed by atoms with Crippen molar-refractivity contribution in [1.29, 1.82) is 0 Å². The van der Waals surface area contributed by atoms with Gasteiger partial charge in [-0.25, -0.2) is 0 Å². The highest BCUT2D eigenvalue weighted by Crippen LogP contribution is 2.35. The van der Waals surface area contributed by atoms with E-state index < -0.39 is 0 Å². The highest BCUT2D eigenvalue weighted by Gasteiger charge is 2.28. The van der Waals surface area contributed by atoms with E-state index in [4.69, 9.17) is 12.4 Å². The molecule has 94 valence electrons. The molecule has 4 nitrogen and oxygen atoms in total.